The number of ether oxygens (including phenoxy) is 1. The Morgan fingerprint density at radius 3 is 2.61 bits per heavy atom. The summed E-state index contributed by atoms with van der Waals surface area (Å²) in [4.78, 5) is 13.6. The first-order chi connectivity index (χ1) is 17.1. The van der Waals surface area contributed by atoms with Crippen molar-refractivity contribution in [3.8, 4) is 5.75 Å². The number of hydrogen-bond acceptors (Lipinski definition) is 6. The van der Waals surface area contributed by atoms with Crippen LogP contribution in [0.3, 0.4) is 0 Å². The molecule has 0 bridgehead atoms. The van der Waals surface area contributed by atoms with Gasteiger partial charge in [-0.2, -0.15) is 0 Å². The minimum atomic E-state index is -4.19. The Kier molecular flexibility index (Phi) is 9.36. The van der Waals surface area contributed by atoms with Crippen LogP contribution in [0.15, 0.2) is 48.5 Å². The summed E-state index contributed by atoms with van der Waals surface area (Å²) in [7, 11) is -4.19. The van der Waals surface area contributed by atoms with Crippen molar-refractivity contribution in [3.05, 3.63) is 64.7 Å². The normalized spacial score (nSPS) is 15.2. The number of rotatable bonds is 11. The van der Waals surface area contributed by atoms with E-state index in [0.29, 0.717) is 16.9 Å². The number of anilines is 1. The number of likely N-dealkylation sites (tertiary alicyclic amines) is 1. The summed E-state index contributed by atoms with van der Waals surface area (Å²) in [6, 6.07) is 11.6. The van der Waals surface area contributed by atoms with E-state index in [9.17, 15) is 13.2 Å². The lowest BCUT2D eigenvalue weighted by Gasteiger charge is -2.31. The zero-order valence-corrected chi connectivity index (χ0v) is 21.6. The minimum Gasteiger partial charge on any atom is -0.489 e. The number of benzene rings is 2. The Morgan fingerprint density at radius 2 is 2.00 bits per heavy atom. The van der Waals surface area contributed by atoms with Gasteiger partial charge in [0, 0.05) is 18.7 Å². The molecule has 2 aromatic carbocycles. The number of piperidine rings is 1. The van der Waals surface area contributed by atoms with Crippen molar-refractivity contribution in [3.63, 3.8) is 0 Å². The number of aliphatic carboxylic acids is 1. The average Bonchev–Trinajstić information content (AvgIpc) is 2.83. The summed E-state index contributed by atoms with van der Waals surface area (Å²) in [6.45, 7) is 4.89. The molecular formula is C25H31ClN4O5S. The first-order valence-corrected chi connectivity index (χ1v) is 13.6. The standard InChI is InChI=1S/C25H31ClN4O5S/c1-2-29-13-10-21(11-14-29)35-23-9-8-20(16-22(23)26)30(36(33,34)17-24(31)32)12-4-6-18-5-3-7-19(15-18)25(27)28/h3-9,15-16,21H,2,10-14,17H2,1H3,(H3,27,28)(H,31,32)/b6-4+. The number of hydrogen-bond donors (Lipinski definition) is 3. The fourth-order valence-electron chi connectivity index (χ4n) is 3.97. The molecule has 1 aliphatic rings. The summed E-state index contributed by atoms with van der Waals surface area (Å²) >= 11 is 6.46. The molecule has 3 rings (SSSR count). The molecule has 0 spiro atoms. The van der Waals surface area contributed by atoms with Gasteiger partial charge in [0.05, 0.1) is 17.3 Å². The van der Waals surface area contributed by atoms with Crippen LogP contribution in [-0.4, -0.2) is 68.3 Å². The number of nitrogens with zero attached hydrogens (tertiary/aromatic N) is 2. The highest BCUT2D eigenvalue weighted by Gasteiger charge is 2.26. The van der Waals surface area contributed by atoms with Crippen LogP contribution >= 0.6 is 11.6 Å². The van der Waals surface area contributed by atoms with E-state index in [1.54, 1.807) is 48.6 Å². The molecule has 0 atom stereocenters. The van der Waals surface area contributed by atoms with Gasteiger partial charge in [-0.25, -0.2) is 8.42 Å². The average molecular weight is 535 g/mol. The quantitative estimate of drug-likeness (QED) is 0.296. The number of halogens is 1. The number of nitrogens with one attached hydrogen (secondary N) is 1. The van der Waals surface area contributed by atoms with Gasteiger partial charge in [0.25, 0.3) is 0 Å². The van der Waals surface area contributed by atoms with Crippen LogP contribution in [0.1, 0.15) is 30.9 Å². The van der Waals surface area contributed by atoms with Gasteiger partial charge in [-0.3, -0.25) is 14.5 Å². The zero-order valence-electron chi connectivity index (χ0n) is 20.1. The largest absolute Gasteiger partial charge is 0.489 e. The molecule has 0 aliphatic carbocycles. The van der Waals surface area contributed by atoms with Gasteiger partial charge in [-0.05, 0) is 49.2 Å². The molecule has 4 N–H and O–H groups in total. The highest BCUT2D eigenvalue weighted by atomic mass is 35.5. The van der Waals surface area contributed by atoms with E-state index in [1.807, 2.05) is 0 Å². The van der Waals surface area contributed by atoms with E-state index in [4.69, 9.17) is 32.6 Å². The van der Waals surface area contributed by atoms with Crippen LogP contribution in [-0.2, 0) is 14.8 Å². The topological polar surface area (TPSA) is 137 Å². The van der Waals surface area contributed by atoms with Crippen LogP contribution in [0, 0.1) is 5.41 Å². The summed E-state index contributed by atoms with van der Waals surface area (Å²) in [5.41, 5.74) is 7.01. The second-order valence-corrected chi connectivity index (χ2v) is 10.8. The number of carboxylic acid groups (broad SMARTS) is 1. The van der Waals surface area contributed by atoms with Crippen molar-refractivity contribution in [1.29, 1.82) is 5.41 Å². The summed E-state index contributed by atoms with van der Waals surface area (Å²) in [5, 5.41) is 17.0. The minimum absolute atomic E-state index is 0.0247. The smallest absolute Gasteiger partial charge is 0.320 e. The van der Waals surface area contributed by atoms with Crippen LogP contribution in [0.25, 0.3) is 6.08 Å². The van der Waals surface area contributed by atoms with Crippen molar-refractivity contribution >= 4 is 45.2 Å². The molecule has 0 saturated carbocycles. The molecule has 1 fully saturated rings. The molecule has 0 radical (unpaired) electrons. The third kappa shape index (κ3) is 7.46. The van der Waals surface area contributed by atoms with E-state index >= 15 is 0 Å². The number of carboxylic acids is 1. The molecule has 9 nitrogen and oxygen atoms in total. The Labute approximate surface area is 216 Å². The second-order valence-electron chi connectivity index (χ2n) is 8.49. The Bertz CT molecular complexity index is 1230. The Balaban J connectivity index is 1.80. The highest BCUT2D eigenvalue weighted by molar-refractivity contribution is 7.93. The maximum absolute atomic E-state index is 12.9. The van der Waals surface area contributed by atoms with Gasteiger partial charge >= 0.3 is 5.97 Å². The number of nitrogen functional groups attached to an aromatic ring is 1. The van der Waals surface area contributed by atoms with Crippen molar-refractivity contribution in [2.24, 2.45) is 5.73 Å². The summed E-state index contributed by atoms with van der Waals surface area (Å²) < 4.78 is 32.8. The molecule has 1 heterocycles. The van der Waals surface area contributed by atoms with Gasteiger partial charge < -0.3 is 20.5 Å². The molecule has 1 aliphatic heterocycles. The molecule has 0 unspecified atom stereocenters. The molecular weight excluding hydrogens is 504 g/mol. The number of sulfonamides is 1. The maximum atomic E-state index is 12.9. The van der Waals surface area contributed by atoms with Crippen LogP contribution in [0.2, 0.25) is 5.02 Å². The predicted molar refractivity (Wildman–Crippen MR) is 142 cm³/mol. The van der Waals surface area contributed by atoms with Gasteiger partial charge in [-0.15, -0.1) is 0 Å². The molecule has 2 aromatic rings. The number of carbonyl (C=O) groups is 1. The van der Waals surface area contributed by atoms with E-state index in [0.717, 1.165) is 36.8 Å². The van der Waals surface area contributed by atoms with E-state index in [2.05, 4.69) is 11.8 Å². The van der Waals surface area contributed by atoms with Crippen molar-refractivity contribution in [2.75, 3.05) is 36.2 Å². The summed E-state index contributed by atoms with van der Waals surface area (Å²) in [5.74, 6) is -2.14. The third-order valence-electron chi connectivity index (χ3n) is 5.90. The lowest BCUT2D eigenvalue weighted by atomic mass is 10.1. The second kappa shape index (κ2) is 12.2. The van der Waals surface area contributed by atoms with Crippen LogP contribution < -0.4 is 14.8 Å². The lowest BCUT2D eigenvalue weighted by Crippen LogP contribution is -2.38. The molecule has 36 heavy (non-hydrogen) atoms. The van der Waals surface area contributed by atoms with Crippen molar-refractivity contribution < 1.29 is 23.1 Å². The van der Waals surface area contributed by atoms with Crippen molar-refractivity contribution in [1.82, 2.24) is 4.90 Å². The first kappa shape index (κ1) is 27.5. The van der Waals surface area contributed by atoms with E-state index < -0.39 is 21.7 Å². The van der Waals surface area contributed by atoms with Gasteiger partial charge in [0.1, 0.15) is 17.7 Å². The fraction of sp³-hybridized carbons (Fsp3) is 0.360. The van der Waals surface area contributed by atoms with E-state index in [-0.39, 0.29) is 29.2 Å². The monoisotopic (exact) mass is 534 g/mol. The number of nitrogens with two attached hydrogens (primary N) is 1. The Morgan fingerprint density at radius 1 is 1.28 bits per heavy atom. The van der Waals surface area contributed by atoms with Gasteiger partial charge in [-0.1, -0.05) is 48.9 Å². The first-order valence-electron chi connectivity index (χ1n) is 11.6. The third-order valence-corrected chi connectivity index (χ3v) is 7.84. The molecule has 1 saturated heterocycles. The zero-order chi connectivity index (χ0) is 26.3. The molecule has 194 valence electrons. The molecule has 0 amide bonds. The molecule has 0 aromatic heterocycles. The Hall–Kier alpha value is -3.08. The van der Waals surface area contributed by atoms with Crippen LogP contribution in [0.4, 0.5) is 5.69 Å². The van der Waals surface area contributed by atoms with E-state index in [1.165, 1.54) is 6.07 Å². The van der Waals surface area contributed by atoms with Gasteiger partial charge in [0.2, 0.25) is 10.0 Å². The highest BCUT2D eigenvalue weighted by Crippen LogP contribution is 2.32. The summed E-state index contributed by atoms with van der Waals surface area (Å²) in [6.07, 6.45) is 5.05. The predicted octanol–water partition coefficient (Wildman–Crippen LogP) is 3.42. The maximum Gasteiger partial charge on any atom is 0.320 e. The van der Waals surface area contributed by atoms with Crippen molar-refractivity contribution in [2.45, 2.75) is 25.9 Å². The SMILES string of the molecule is CCN1CCC(Oc2ccc(N(C/C=C/c3cccc(C(=N)N)c3)S(=O)(=O)CC(=O)O)cc2Cl)CC1. The number of amidine groups is 1. The molecule has 11 heteroatoms. The van der Waals surface area contributed by atoms with Crippen LogP contribution in [0.5, 0.6) is 5.75 Å². The van der Waals surface area contributed by atoms with Gasteiger partial charge in [0.15, 0.2) is 5.75 Å². The fourth-order valence-corrected chi connectivity index (χ4v) is 5.41. The lowest BCUT2D eigenvalue weighted by molar-refractivity contribution is -0.134.